The highest BCUT2D eigenvalue weighted by Gasteiger charge is 2.36. The van der Waals surface area contributed by atoms with Gasteiger partial charge in [0.1, 0.15) is 5.75 Å². The summed E-state index contributed by atoms with van der Waals surface area (Å²) in [6.07, 6.45) is 1.86. The van der Waals surface area contributed by atoms with Crippen molar-refractivity contribution in [1.29, 1.82) is 0 Å². The van der Waals surface area contributed by atoms with Crippen LogP contribution in [0.2, 0.25) is 0 Å². The van der Waals surface area contributed by atoms with Crippen molar-refractivity contribution >= 4 is 17.5 Å². The molecule has 0 saturated heterocycles. The van der Waals surface area contributed by atoms with Crippen LogP contribution in [0.3, 0.4) is 0 Å². The molecule has 2 aliphatic rings. The van der Waals surface area contributed by atoms with Crippen molar-refractivity contribution in [3.8, 4) is 5.75 Å². The highest BCUT2D eigenvalue weighted by Crippen LogP contribution is 2.37. The monoisotopic (exact) mass is 356 g/mol. The second-order valence-corrected chi connectivity index (χ2v) is 6.52. The summed E-state index contributed by atoms with van der Waals surface area (Å²) in [4.78, 5) is 27.0. The molecule has 8 heteroatoms. The smallest absolute Gasteiger partial charge is 0.231 e. The number of hydrogen-bond donors (Lipinski definition) is 2. The number of aliphatic hydroxyl groups is 1. The van der Waals surface area contributed by atoms with Gasteiger partial charge in [0, 0.05) is 24.2 Å². The van der Waals surface area contributed by atoms with Gasteiger partial charge in [-0.25, -0.2) is 0 Å². The van der Waals surface area contributed by atoms with E-state index in [0.29, 0.717) is 31.1 Å². The third-order valence-corrected chi connectivity index (χ3v) is 4.96. The Labute approximate surface area is 150 Å². The van der Waals surface area contributed by atoms with Crippen LogP contribution in [0.1, 0.15) is 29.2 Å². The van der Waals surface area contributed by atoms with Crippen LogP contribution in [0.4, 0.5) is 5.69 Å². The van der Waals surface area contributed by atoms with E-state index in [1.54, 1.807) is 35.0 Å². The zero-order valence-electron chi connectivity index (χ0n) is 14.4. The van der Waals surface area contributed by atoms with Crippen LogP contribution in [0, 0.1) is 0 Å². The first-order valence-electron chi connectivity index (χ1n) is 8.51. The van der Waals surface area contributed by atoms with Gasteiger partial charge in [0.25, 0.3) is 0 Å². The Morgan fingerprint density at radius 3 is 3.04 bits per heavy atom. The Balaban J connectivity index is 1.60. The van der Waals surface area contributed by atoms with Crippen LogP contribution in [0.15, 0.2) is 24.4 Å². The SMILES string of the molecule is COc1ccc2c(c1)C(C(=O)N1Cc3cnn(CCO)c3C1)CC(=O)N2. The van der Waals surface area contributed by atoms with Gasteiger partial charge in [-0.1, -0.05) is 0 Å². The molecule has 4 rings (SSSR count). The molecule has 1 unspecified atom stereocenters. The zero-order chi connectivity index (χ0) is 18.3. The van der Waals surface area contributed by atoms with Gasteiger partial charge in [0.2, 0.25) is 11.8 Å². The van der Waals surface area contributed by atoms with Gasteiger partial charge in [0.15, 0.2) is 0 Å². The minimum absolute atomic E-state index is 0.00195. The molecule has 2 amide bonds. The second kappa shape index (κ2) is 6.45. The van der Waals surface area contributed by atoms with Gasteiger partial charge < -0.3 is 20.1 Å². The molecule has 0 aliphatic carbocycles. The molecule has 26 heavy (non-hydrogen) atoms. The molecule has 2 aliphatic heterocycles. The molecule has 1 atom stereocenters. The van der Waals surface area contributed by atoms with E-state index in [1.165, 1.54) is 0 Å². The summed E-state index contributed by atoms with van der Waals surface area (Å²) in [7, 11) is 1.57. The first kappa shape index (κ1) is 16.6. The lowest BCUT2D eigenvalue weighted by Crippen LogP contribution is -2.36. The molecule has 1 aromatic heterocycles. The summed E-state index contributed by atoms with van der Waals surface area (Å²) in [6, 6.07) is 5.35. The largest absolute Gasteiger partial charge is 0.497 e. The van der Waals surface area contributed by atoms with Crippen molar-refractivity contribution in [3.05, 3.63) is 41.2 Å². The number of carbonyl (C=O) groups is 2. The molecular weight excluding hydrogens is 336 g/mol. The average molecular weight is 356 g/mol. The van der Waals surface area contributed by atoms with Crippen LogP contribution < -0.4 is 10.1 Å². The lowest BCUT2D eigenvalue weighted by molar-refractivity contribution is -0.135. The Morgan fingerprint density at radius 2 is 2.27 bits per heavy atom. The maximum absolute atomic E-state index is 13.2. The molecule has 3 heterocycles. The summed E-state index contributed by atoms with van der Waals surface area (Å²) in [6.45, 7) is 1.31. The Morgan fingerprint density at radius 1 is 1.42 bits per heavy atom. The van der Waals surface area contributed by atoms with Crippen LogP contribution in [-0.4, -0.2) is 45.3 Å². The highest BCUT2D eigenvalue weighted by atomic mass is 16.5. The van der Waals surface area contributed by atoms with Crippen LogP contribution >= 0.6 is 0 Å². The Bertz CT molecular complexity index is 876. The van der Waals surface area contributed by atoms with Crippen molar-refractivity contribution in [2.45, 2.75) is 32.0 Å². The number of anilines is 1. The fraction of sp³-hybridized carbons (Fsp3) is 0.389. The van der Waals surface area contributed by atoms with Crippen molar-refractivity contribution < 1.29 is 19.4 Å². The van der Waals surface area contributed by atoms with Crippen molar-refractivity contribution in [2.75, 3.05) is 19.0 Å². The van der Waals surface area contributed by atoms with Crippen molar-refractivity contribution in [2.24, 2.45) is 0 Å². The molecule has 0 bridgehead atoms. The van der Waals surface area contributed by atoms with Gasteiger partial charge in [0.05, 0.1) is 44.6 Å². The number of aliphatic hydroxyl groups excluding tert-OH is 1. The number of rotatable bonds is 4. The van der Waals surface area contributed by atoms with Gasteiger partial charge >= 0.3 is 0 Å². The quantitative estimate of drug-likeness (QED) is 0.847. The predicted molar refractivity (Wildman–Crippen MR) is 92.5 cm³/mol. The van der Waals surface area contributed by atoms with Gasteiger partial charge in [-0.05, 0) is 23.8 Å². The third-order valence-electron chi connectivity index (χ3n) is 4.96. The maximum atomic E-state index is 13.2. The number of methoxy groups -OCH3 is 1. The number of nitrogens with zero attached hydrogens (tertiary/aromatic N) is 3. The lowest BCUT2D eigenvalue weighted by Gasteiger charge is -2.28. The summed E-state index contributed by atoms with van der Waals surface area (Å²) in [5.74, 6) is -0.122. The molecule has 0 spiro atoms. The van der Waals surface area contributed by atoms with E-state index in [9.17, 15) is 9.59 Å². The lowest BCUT2D eigenvalue weighted by atomic mass is 9.89. The van der Waals surface area contributed by atoms with E-state index in [0.717, 1.165) is 16.8 Å². The fourth-order valence-corrected chi connectivity index (χ4v) is 3.66. The number of fused-ring (bicyclic) bond motifs is 2. The summed E-state index contributed by atoms with van der Waals surface area (Å²) in [5, 5.41) is 16.2. The van der Waals surface area contributed by atoms with E-state index in [2.05, 4.69) is 10.4 Å². The third kappa shape index (κ3) is 2.72. The highest BCUT2D eigenvalue weighted by molar-refractivity contribution is 6.01. The van der Waals surface area contributed by atoms with Crippen molar-refractivity contribution in [1.82, 2.24) is 14.7 Å². The number of amides is 2. The number of benzene rings is 1. The summed E-state index contributed by atoms with van der Waals surface area (Å²) < 4.78 is 7.00. The molecule has 2 N–H and O–H groups in total. The second-order valence-electron chi connectivity index (χ2n) is 6.52. The topological polar surface area (TPSA) is 96.7 Å². The van der Waals surface area contributed by atoms with Gasteiger partial charge in [-0.3, -0.25) is 14.3 Å². The minimum Gasteiger partial charge on any atom is -0.497 e. The first-order valence-corrected chi connectivity index (χ1v) is 8.51. The normalized spacial score (nSPS) is 18.3. The molecule has 8 nitrogen and oxygen atoms in total. The van der Waals surface area contributed by atoms with E-state index in [4.69, 9.17) is 9.84 Å². The van der Waals surface area contributed by atoms with Crippen LogP contribution in [0.5, 0.6) is 5.75 Å². The van der Waals surface area contributed by atoms with E-state index >= 15 is 0 Å². The molecule has 0 fully saturated rings. The Kier molecular flexibility index (Phi) is 4.12. The van der Waals surface area contributed by atoms with Crippen LogP contribution in [0.25, 0.3) is 0 Å². The van der Waals surface area contributed by atoms with E-state index in [-0.39, 0.29) is 24.8 Å². The van der Waals surface area contributed by atoms with Crippen molar-refractivity contribution in [3.63, 3.8) is 0 Å². The van der Waals surface area contributed by atoms with E-state index < -0.39 is 5.92 Å². The molecule has 0 radical (unpaired) electrons. The molecule has 0 saturated carbocycles. The number of nitrogens with one attached hydrogen (secondary N) is 1. The van der Waals surface area contributed by atoms with Gasteiger partial charge in [-0.15, -0.1) is 0 Å². The minimum atomic E-state index is -0.530. The summed E-state index contributed by atoms with van der Waals surface area (Å²) in [5.41, 5.74) is 3.36. The number of ether oxygens (including phenoxy) is 1. The first-order chi connectivity index (χ1) is 12.6. The number of hydrogen-bond acceptors (Lipinski definition) is 5. The summed E-state index contributed by atoms with van der Waals surface area (Å²) >= 11 is 0. The van der Waals surface area contributed by atoms with Crippen LogP contribution in [-0.2, 0) is 29.2 Å². The number of aromatic nitrogens is 2. The number of carbonyl (C=O) groups excluding carboxylic acids is 2. The Hall–Kier alpha value is -2.87. The zero-order valence-corrected chi connectivity index (χ0v) is 14.4. The predicted octanol–water partition coefficient (Wildman–Crippen LogP) is 0.852. The molecular formula is C18H20N4O4. The molecule has 2 aromatic rings. The van der Waals surface area contributed by atoms with E-state index in [1.807, 2.05) is 6.07 Å². The molecule has 136 valence electrons. The van der Waals surface area contributed by atoms with Gasteiger partial charge in [-0.2, -0.15) is 5.10 Å². The average Bonchev–Trinajstić information content (AvgIpc) is 3.22. The molecule has 1 aromatic carbocycles. The maximum Gasteiger partial charge on any atom is 0.231 e. The fourth-order valence-electron chi connectivity index (χ4n) is 3.66. The standard InChI is InChI=1S/C18H20N4O4/c1-26-12-2-3-15-13(6-12)14(7-17(24)20-15)18(25)21-9-11-8-19-22(4-5-23)16(11)10-21/h2-3,6,8,14,23H,4-5,7,9-10H2,1H3,(H,20,24).